The SMILES string of the molecule is Cl.Clc1ccc(-c2cc(N3CCCC3)ncn2)cc1. The minimum atomic E-state index is 0. The summed E-state index contributed by atoms with van der Waals surface area (Å²) in [4.78, 5) is 11.0. The molecular weight excluding hydrogens is 281 g/mol. The van der Waals surface area contributed by atoms with Gasteiger partial charge in [0.05, 0.1) is 5.69 Å². The number of hydrogen-bond donors (Lipinski definition) is 0. The molecule has 1 aliphatic rings. The minimum Gasteiger partial charge on any atom is -0.357 e. The van der Waals surface area contributed by atoms with Crippen LogP contribution in [0, 0.1) is 0 Å². The van der Waals surface area contributed by atoms with Crippen molar-refractivity contribution in [3.8, 4) is 11.3 Å². The molecule has 3 rings (SSSR count). The van der Waals surface area contributed by atoms with Crippen LogP contribution >= 0.6 is 24.0 Å². The second-order valence-corrected chi connectivity index (χ2v) is 4.90. The second kappa shape index (κ2) is 6.22. The molecule has 1 fully saturated rings. The Labute approximate surface area is 124 Å². The van der Waals surface area contributed by atoms with Crippen LogP contribution in [0.5, 0.6) is 0 Å². The number of anilines is 1. The minimum absolute atomic E-state index is 0. The van der Waals surface area contributed by atoms with E-state index in [1.54, 1.807) is 6.33 Å². The second-order valence-electron chi connectivity index (χ2n) is 4.46. The predicted molar refractivity (Wildman–Crippen MR) is 81.2 cm³/mol. The Morgan fingerprint density at radius 1 is 1.00 bits per heavy atom. The normalized spacial score (nSPS) is 14.3. The van der Waals surface area contributed by atoms with Crippen LogP contribution in [0.25, 0.3) is 11.3 Å². The number of aromatic nitrogens is 2. The van der Waals surface area contributed by atoms with E-state index >= 15 is 0 Å². The summed E-state index contributed by atoms with van der Waals surface area (Å²) >= 11 is 5.89. The maximum atomic E-state index is 5.89. The number of rotatable bonds is 2. The van der Waals surface area contributed by atoms with Crippen LogP contribution in [-0.4, -0.2) is 23.1 Å². The maximum absolute atomic E-state index is 5.89. The third kappa shape index (κ3) is 3.17. The summed E-state index contributed by atoms with van der Waals surface area (Å²) in [5.41, 5.74) is 2.02. The highest BCUT2D eigenvalue weighted by molar-refractivity contribution is 6.30. The molecule has 5 heteroatoms. The largest absolute Gasteiger partial charge is 0.357 e. The molecule has 100 valence electrons. The van der Waals surface area contributed by atoms with Gasteiger partial charge in [0.1, 0.15) is 12.1 Å². The van der Waals surface area contributed by atoms with E-state index in [1.165, 1.54) is 12.8 Å². The zero-order valence-electron chi connectivity index (χ0n) is 10.4. The molecule has 0 bridgehead atoms. The first-order valence-electron chi connectivity index (χ1n) is 6.16. The Hall–Kier alpha value is -1.32. The van der Waals surface area contributed by atoms with Crippen LogP contribution in [0.4, 0.5) is 5.82 Å². The summed E-state index contributed by atoms with van der Waals surface area (Å²) in [6.45, 7) is 2.19. The molecule has 19 heavy (non-hydrogen) atoms. The molecule has 1 aromatic carbocycles. The van der Waals surface area contributed by atoms with Gasteiger partial charge in [-0.15, -0.1) is 12.4 Å². The van der Waals surface area contributed by atoms with E-state index in [4.69, 9.17) is 11.6 Å². The quantitative estimate of drug-likeness (QED) is 0.843. The lowest BCUT2D eigenvalue weighted by Gasteiger charge is -2.16. The van der Waals surface area contributed by atoms with Crippen molar-refractivity contribution in [2.45, 2.75) is 12.8 Å². The van der Waals surface area contributed by atoms with Crippen LogP contribution in [0.15, 0.2) is 36.7 Å². The van der Waals surface area contributed by atoms with E-state index in [1.807, 2.05) is 24.3 Å². The lowest BCUT2D eigenvalue weighted by molar-refractivity contribution is 0.928. The van der Waals surface area contributed by atoms with E-state index in [2.05, 4.69) is 20.9 Å². The predicted octanol–water partition coefficient (Wildman–Crippen LogP) is 3.82. The highest BCUT2D eigenvalue weighted by Gasteiger charge is 2.14. The van der Waals surface area contributed by atoms with Gasteiger partial charge in [-0.1, -0.05) is 23.7 Å². The molecule has 2 aromatic rings. The van der Waals surface area contributed by atoms with Crippen LogP contribution in [0.1, 0.15) is 12.8 Å². The van der Waals surface area contributed by atoms with Gasteiger partial charge in [0.15, 0.2) is 0 Å². The van der Waals surface area contributed by atoms with Crippen molar-refractivity contribution in [2.75, 3.05) is 18.0 Å². The van der Waals surface area contributed by atoms with Crippen LogP contribution < -0.4 is 4.90 Å². The Kier molecular flexibility index (Phi) is 4.61. The molecule has 0 atom stereocenters. The fraction of sp³-hybridized carbons (Fsp3) is 0.286. The van der Waals surface area contributed by atoms with Crippen molar-refractivity contribution >= 4 is 29.8 Å². The Balaban J connectivity index is 0.00000133. The van der Waals surface area contributed by atoms with Gasteiger partial charge in [0.2, 0.25) is 0 Å². The Bertz CT molecular complexity index is 537. The molecule has 0 aliphatic carbocycles. The molecule has 0 radical (unpaired) electrons. The first-order chi connectivity index (χ1) is 8.83. The van der Waals surface area contributed by atoms with Gasteiger partial charge in [-0.2, -0.15) is 0 Å². The highest BCUT2D eigenvalue weighted by atomic mass is 35.5. The smallest absolute Gasteiger partial charge is 0.132 e. The zero-order chi connectivity index (χ0) is 12.4. The molecular formula is C14H15Cl2N3. The fourth-order valence-corrected chi connectivity index (χ4v) is 2.37. The molecule has 0 unspecified atom stereocenters. The Morgan fingerprint density at radius 2 is 1.68 bits per heavy atom. The maximum Gasteiger partial charge on any atom is 0.132 e. The zero-order valence-corrected chi connectivity index (χ0v) is 12.0. The van der Waals surface area contributed by atoms with E-state index < -0.39 is 0 Å². The molecule has 3 nitrogen and oxygen atoms in total. The van der Waals surface area contributed by atoms with Crippen molar-refractivity contribution in [3.05, 3.63) is 41.7 Å². The van der Waals surface area contributed by atoms with Crippen molar-refractivity contribution in [1.29, 1.82) is 0 Å². The molecule has 0 saturated carbocycles. The average Bonchev–Trinajstić information content (AvgIpc) is 2.94. The summed E-state index contributed by atoms with van der Waals surface area (Å²) in [6, 6.07) is 9.79. The van der Waals surface area contributed by atoms with E-state index in [9.17, 15) is 0 Å². The van der Waals surface area contributed by atoms with Gasteiger partial charge in [-0.25, -0.2) is 9.97 Å². The van der Waals surface area contributed by atoms with Crippen molar-refractivity contribution in [1.82, 2.24) is 9.97 Å². The number of hydrogen-bond acceptors (Lipinski definition) is 3. The molecule has 1 aliphatic heterocycles. The van der Waals surface area contributed by atoms with Crippen molar-refractivity contribution in [2.24, 2.45) is 0 Å². The van der Waals surface area contributed by atoms with Crippen LogP contribution in [0.2, 0.25) is 5.02 Å². The molecule has 0 amide bonds. The third-order valence-electron chi connectivity index (χ3n) is 3.22. The van der Waals surface area contributed by atoms with Gasteiger partial charge >= 0.3 is 0 Å². The van der Waals surface area contributed by atoms with Crippen molar-refractivity contribution in [3.63, 3.8) is 0 Å². The molecule has 1 saturated heterocycles. The Morgan fingerprint density at radius 3 is 2.37 bits per heavy atom. The molecule has 2 heterocycles. The monoisotopic (exact) mass is 295 g/mol. The average molecular weight is 296 g/mol. The summed E-state index contributed by atoms with van der Waals surface area (Å²) < 4.78 is 0. The lowest BCUT2D eigenvalue weighted by atomic mass is 10.1. The van der Waals surface area contributed by atoms with Crippen LogP contribution in [-0.2, 0) is 0 Å². The first kappa shape index (κ1) is 14.1. The first-order valence-corrected chi connectivity index (χ1v) is 6.54. The topological polar surface area (TPSA) is 29.0 Å². The molecule has 0 spiro atoms. The fourth-order valence-electron chi connectivity index (χ4n) is 2.24. The number of halogens is 2. The standard InChI is InChI=1S/C14H14ClN3.ClH/c15-12-5-3-11(4-6-12)13-9-14(17-10-16-13)18-7-1-2-8-18;/h3-6,9-10H,1-2,7-8H2;1H. The van der Waals surface area contributed by atoms with Gasteiger partial charge in [-0.3, -0.25) is 0 Å². The van der Waals surface area contributed by atoms with Crippen LogP contribution in [0.3, 0.4) is 0 Å². The molecule has 0 N–H and O–H groups in total. The summed E-state index contributed by atoms with van der Waals surface area (Å²) in [5, 5.41) is 0.743. The van der Waals surface area contributed by atoms with E-state index in [-0.39, 0.29) is 12.4 Å². The highest BCUT2D eigenvalue weighted by Crippen LogP contribution is 2.24. The van der Waals surface area contributed by atoms with Gasteiger partial charge in [0, 0.05) is 29.7 Å². The third-order valence-corrected chi connectivity index (χ3v) is 3.47. The van der Waals surface area contributed by atoms with E-state index in [0.29, 0.717) is 0 Å². The van der Waals surface area contributed by atoms with E-state index in [0.717, 1.165) is 35.2 Å². The van der Waals surface area contributed by atoms with Gasteiger partial charge in [0.25, 0.3) is 0 Å². The van der Waals surface area contributed by atoms with Gasteiger partial charge < -0.3 is 4.90 Å². The number of nitrogens with zero attached hydrogens (tertiary/aromatic N) is 3. The summed E-state index contributed by atoms with van der Waals surface area (Å²) in [6.07, 6.45) is 4.14. The van der Waals surface area contributed by atoms with Crippen molar-refractivity contribution < 1.29 is 0 Å². The lowest BCUT2D eigenvalue weighted by Crippen LogP contribution is -2.18. The summed E-state index contributed by atoms with van der Waals surface area (Å²) in [7, 11) is 0. The molecule has 1 aromatic heterocycles. The van der Waals surface area contributed by atoms with Gasteiger partial charge in [-0.05, 0) is 25.0 Å². The summed E-state index contributed by atoms with van der Waals surface area (Å²) in [5.74, 6) is 1.02. The number of benzene rings is 1.